The average Bonchev–Trinajstić information content (AvgIpc) is 3.22. The smallest absolute Gasteiger partial charge is 0.267 e. The van der Waals surface area contributed by atoms with E-state index in [-0.39, 0.29) is 11.5 Å². The number of rotatable bonds is 7. The summed E-state index contributed by atoms with van der Waals surface area (Å²) in [6.45, 7) is 3.80. The Morgan fingerprint density at radius 2 is 1.96 bits per heavy atom. The Labute approximate surface area is 157 Å². The summed E-state index contributed by atoms with van der Waals surface area (Å²) < 4.78 is 6.48. The summed E-state index contributed by atoms with van der Waals surface area (Å²) in [7, 11) is 0. The molecule has 1 amide bonds. The van der Waals surface area contributed by atoms with Crippen LogP contribution in [0.5, 0.6) is 0 Å². The molecule has 0 bridgehead atoms. The number of anilines is 1. The van der Waals surface area contributed by atoms with Crippen LogP contribution in [-0.4, -0.2) is 15.7 Å². The van der Waals surface area contributed by atoms with E-state index in [0.29, 0.717) is 17.1 Å². The second-order valence-corrected chi connectivity index (χ2v) is 6.44. The van der Waals surface area contributed by atoms with Crippen LogP contribution in [0.25, 0.3) is 11.5 Å². The summed E-state index contributed by atoms with van der Waals surface area (Å²) in [5.41, 5.74) is 2.09. The third kappa shape index (κ3) is 4.53. The van der Waals surface area contributed by atoms with Crippen LogP contribution in [0.15, 0.2) is 64.0 Å². The summed E-state index contributed by atoms with van der Waals surface area (Å²) >= 11 is 0. The van der Waals surface area contributed by atoms with E-state index in [9.17, 15) is 9.59 Å². The lowest BCUT2D eigenvalue weighted by molar-refractivity contribution is -0.119. The maximum Gasteiger partial charge on any atom is 0.267 e. The van der Waals surface area contributed by atoms with Crippen molar-refractivity contribution in [2.45, 2.75) is 39.2 Å². The molecule has 3 rings (SSSR count). The maximum absolute atomic E-state index is 12.6. The molecule has 1 atom stereocenters. The highest BCUT2D eigenvalue weighted by Crippen LogP contribution is 2.17. The first-order chi connectivity index (χ1) is 13.1. The van der Waals surface area contributed by atoms with Crippen LogP contribution in [0.3, 0.4) is 0 Å². The van der Waals surface area contributed by atoms with Gasteiger partial charge in [-0.3, -0.25) is 9.59 Å². The Balaban J connectivity index is 1.73. The maximum atomic E-state index is 12.6. The largest absolute Gasteiger partial charge is 0.463 e. The second kappa shape index (κ2) is 8.49. The number of unbranched alkanes of at least 4 members (excludes halogenated alkanes) is 1. The summed E-state index contributed by atoms with van der Waals surface area (Å²) in [5, 5.41) is 7.12. The van der Waals surface area contributed by atoms with Gasteiger partial charge in [-0.1, -0.05) is 25.5 Å². The lowest BCUT2D eigenvalue weighted by atomic mass is 10.1. The van der Waals surface area contributed by atoms with Gasteiger partial charge in [0.25, 0.3) is 5.56 Å². The van der Waals surface area contributed by atoms with Crippen molar-refractivity contribution < 1.29 is 9.21 Å². The molecule has 6 heteroatoms. The first kappa shape index (κ1) is 18.6. The van der Waals surface area contributed by atoms with Gasteiger partial charge in [0.2, 0.25) is 5.91 Å². The molecule has 0 fully saturated rings. The van der Waals surface area contributed by atoms with Crippen molar-refractivity contribution in [3.8, 4) is 11.5 Å². The van der Waals surface area contributed by atoms with Gasteiger partial charge in [0.1, 0.15) is 11.7 Å². The van der Waals surface area contributed by atoms with E-state index in [0.717, 1.165) is 19.3 Å². The molecule has 2 heterocycles. The van der Waals surface area contributed by atoms with Crippen LogP contribution in [0.1, 0.15) is 38.3 Å². The Hall–Kier alpha value is -3.15. The minimum absolute atomic E-state index is 0.303. The second-order valence-electron chi connectivity index (χ2n) is 6.44. The zero-order chi connectivity index (χ0) is 19.2. The summed E-state index contributed by atoms with van der Waals surface area (Å²) in [4.78, 5) is 24.8. The van der Waals surface area contributed by atoms with Crippen molar-refractivity contribution in [1.82, 2.24) is 9.78 Å². The summed E-state index contributed by atoms with van der Waals surface area (Å²) in [5.74, 6) is 0.238. The van der Waals surface area contributed by atoms with E-state index < -0.39 is 6.04 Å². The number of aromatic nitrogens is 2. The van der Waals surface area contributed by atoms with E-state index in [1.54, 1.807) is 25.1 Å². The third-order valence-electron chi connectivity index (χ3n) is 4.39. The molecule has 0 saturated carbocycles. The number of carbonyl (C=O) groups excluding carboxylic acids is 1. The number of furan rings is 1. The zero-order valence-corrected chi connectivity index (χ0v) is 15.5. The molecular formula is C21H23N3O3. The van der Waals surface area contributed by atoms with Crippen LogP contribution in [0.4, 0.5) is 5.69 Å². The van der Waals surface area contributed by atoms with Gasteiger partial charge in [0.15, 0.2) is 5.76 Å². The van der Waals surface area contributed by atoms with Crippen LogP contribution in [-0.2, 0) is 11.2 Å². The van der Waals surface area contributed by atoms with E-state index in [2.05, 4.69) is 17.3 Å². The summed E-state index contributed by atoms with van der Waals surface area (Å²) in [6, 6.07) is 13.5. The van der Waals surface area contributed by atoms with Gasteiger partial charge in [-0.05, 0) is 55.7 Å². The van der Waals surface area contributed by atoms with Crippen LogP contribution >= 0.6 is 0 Å². The fourth-order valence-corrected chi connectivity index (χ4v) is 2.75. The Morgan fingerprint density at radius 1 is 1.19 bits per heavy atom. The van der Waals surface area contributed by atoms with Gasteiger partial charge in [-0.15, -0.1) is 0 Å². The molecule has 0 aliphatic heterocycles. The number of nitrogens with zero attached hydrogens (tertiary/aromatic N) is 2. The van der Waals surface area contributed by atoms with Gasteiger partial charge in [-0.25, -0.2) is 4.68 Å². The van der Waals surface area contributed by atoms with Crippen molar-refractivity contribution in [3.63, 3.8) is 0 Å². The third-order valence-corrected chi connectivity index (χ3v) is 4.39. The van der Waals surface area contributed by atoms with Gasteiger partial charge in [0, 0.05) is 11.8 Å². The molecule has 27 heavy (non-hydrogen) atoms. The Kier molecular flexibility index (Phi) is 5.86. The standard InChI is InChI=1S/C21H23N3O3/c1-3-4-6-16-8-10-17(11-9-16)22-21(26)15(2)24-20(25)13-12-18(23-24)19-7-5-14-27-19/h5,7-15H,3-4,6H2,1-2H3,(H,22,26). The molecule has 1 aromatic carbocycles. The number of hydrogen-bond donors (Lipinski definition) is 1. The van der Waals surface area contributed by atoms with Gasteiger partial charge < -0.3 is 9.73 Å². The Morgan fingerprint density at radius 3 is 2.63 bits per heavy atom. The van der Waals surface area contributed by atoms with Crippen LogP contribution < -0.4 is 10.9 Å². The van der Waals surface area contributed by atoms with E-state index in [1.165, 1.54) is 22.6 Å². The Bertz CT molecular complexity index is 944. The molecule has 0 saturated heterocycles. The fourth-order valence-electron chi connectivity index (χ4n) is 2.75. The van der Waals surface area contributed by atoms with Gasteiger partial charge in [-0.2, -0.15) is 5.10 Å². The molecule has 0 spiro atoms. The lowest BCUT2D eigenvalue weighted by Gasteiger charge is -2.15. The van der Waals surface area contributed by atoms with E-state index in [4.69, 9.17) is 4.42 Å². The first-order valence-electron chi connectivity index (χ1n) is 9.12. The lowest BCUT2D eigenvalue weighted by Crippen LogP contribution is -2.33. The number of benzene rings is 1. The van der Waals surface area contributed by atoms with E-state index in [1.807, 2.05) is 24.3 Å². The van der Waals surface area contributed by atoms with Crippen molar-refractivity contribution in [3.05, 3.63) is 70.7 Å². The van der Waals surface area contributed by atoms with Gasteiger partial charge in [0.05, 0.1) is 6.26 Å². The predicted octanol–water partition coefficient (Wildman–Crippen LogP) is 4.05. The molecule has 3 aromatic rings. The highest BCUT2D eigenvalue weighted by molar-refractivity contribution is 5.93. The number of aryl methyl sites for hydroxylation is 1. The zero-order valence-electron chi connectivity index (χ0n) is 15.5. The molecule has 140 valence electrons. The van der Waals surface area contributed by atoms with Crippen molar-refractivity contribution in [2.75, 3.05) is 5.32 Å². The normalized spacial score (nSPS) is 11.9. The molecule has 0 aliphatic rings. The SMILES string of the molecule is CCCCc1ccc(NC(=O)C(C)n2nc(-c3ccco3)ccc2=O)cc1. The molecular weight excluding hydrogens is 342 g/mol. The van der Waals surface area contributed by atoms with Crippen LogP contribution in [0.2, 0.25) is 0 Å². The van der Waals surface area contributed by atoms with E-state index >= 15 is 0 Å². The van der Waals surface area contributed by atoms with Gasteiger partial charge >= 0.3 is 0 Å². The number of nitrogens with one attached hydrogen (secondary N) is 1. The van der Waals surface area contributed by atoms with Crippen molar-refractivity contribution in [1.29, 1.82) is 0 Å². The molecule has 2 aromatic heterocycles. The fraction of sp³-hybridized carbons (Fsp3) is 0.286. The minimum atomic E-state index is -0.757. The average molecular weight is 365 g/mol. The van der Waals surface area contributed by atoms with Crippen molar-refractivity contribution in [2.24, 2.45) is 0 Å². The minimum Gasteiger partial charge on any atom is -0.463 e. The topological polar surface area (TPSA) is 77.1 Å². The molecule has 0 aliphatic carbocycles. The molecule has 0 radical (unpaired) electrons. The predicted molar refractivity (Wildman–Crippen MR) is 105 cm³/mol. The molecule has 1 N–H and O–H groups in total. The molecule has 6 nitrogen and oxygen atoms in total. The highest BCUT2D eigenvalue weighted by Gasteiger charge is 2.18. The number of carbonyl (C=O) groups is 1. The highest BCUT2D eigenvalue weighted by atomic mass is 16.3. The molecule has 1 unspecified atom stereocenters. The summed E-state index contributed by atoms with van der Waals surface area (Å²) in [6.07, 6.45) is 4.85. The first-order valence-corrected chi connectivity index (χ1v) is 9.12. The monoisotopic (exact) mass is 365 g/mol. The number of hydrogen-bond acceptors (Lipinski definition) is 4. The quantitative estimate of drug-likeness (QED) is 0.685. The van der Waals surface area contributed by atoms with Crippen LogP contribution in [0, 0.1) is 0 Å². The number of amides is 1. The van der Waals surface area contributed by atoms with Crippen molar-refractivity contribution >= 4 is 11.6 Å².